The van der Waals surface area contributed by atoms with Crippen molar-refractivity contribution >= 4 is 12.1 Å². The Morgan fingerprint density at radius 2 is 1.94 bits per heavy atom. The Balaban J connectivity index is 2.24. The Labute approximate surface area is 104 Å². The van der Waals surface area contributed by atoms with Crippen LogP contribution in [-0.2, 0) is 9.59 Å². The highest BCUT2D eigenvalue weighted by Gasteiger charge is 2.78. The second-order valence-electron chi connectivity index (χ2n) is 6.94. The Kier molecular flexibility index (Phi) is 2.76. The molecule has 0 aromatic heterocycles. The van der Waals surface area contributed by atoms with Gasteiger partial charge in [0.05, 0.1) is 0 Å². The van der Waals surface area contributed by atoms with E-state index in [1.54, 1.807) is 6.92 Å². The zero-order valence-electron chi connectivity index (χ0n) is 11.5. The molecule has 2 aliphatic carbocycles. The number of carbonyl (C=O) groups is 2. The molecule has 0 aromatic carbocycles. The van der Waals surface area contributed by atoms with Crippen molar-refractivity contribution in [1.29, 1.82) is 0 Å². The lowest BCUT2D eigenvalue weighted by molar-refractivity contribution is -0.120. The Morgan fingerprint density at radius 1 is 1.29 bits per heavy atom. The molecule has 2 heteroatoms. The van der Waals surface area contributed by atoms with Crippen LogP contribution < -0.4 is 0 Å². The van der Waals surface area contributed by atoms with Crippen molar-refractivity contribution in [3.8, 4) is 0 Å². The molecule has 2 fully saturated rings. The van der Waals surface area contributed by atoms with E-state index in [0.717, 1.165) is 19.3 Å². The number of Topliss-reactive ketones (excluding diaryl/α,β-unsaturated/α-hetero) is 1. The third-order valence-corrected chi connectivity index (χ3v) is 5.77. The number of hydrogen-bond acceptors (Lipinski definition) is 2. The Bertz CT molecular complexity index is 358. The summed E-state index contributed by atoms with van der Waals surface area (Å²) >= 11 is 0. The molecule has 0 N–H and O–H groups in total. The van der Waals surface area contributed by atoms with Gasteiger partial charge < -0.3 is 9.59 Å². The van der Waals surface area contributed by atoms with Gasteiger partial charge in [-0.3, -0.25) is 0 Å². The molecule has 0 spiro atoms. The Morgan fingerprint density at radius 3 is 2.41 bits per heavy atom. The monoisotopic (exact) mass is 236 g/mol. The van der Waals surface area contributed by atoms with Crippen LogP contribution in [0.4, 0.5) is 0 Å². The van der Waals surface area contributed by atoms with E-state index in [9.17, 15) is 9.59 Å². The summed E-state index contributed by atoms with van der Waals surface area (Å²) in [6, 6.07) is 0. The molecule has 0 bridgehead atoms. The van der Waals surface area contributed by atoms with Gasteiger partial charge in [-0.25, -0.2) is 0 Å². The highest BCUT2D eigenvalue weighted by molar-refractivity contribution is 5.76. The molecule has 0 saturated heterocycles. The predicted molar refractivity (Wildman–Crippen MR) is 67.6 cm³/mol. The second-order valence-corrected chi connectivity index (χ2v) is 6.94. The molecule has 2 aliphatic rings. The third kappa shape index (κ3) is 1.45. The van der Waals surface area contributed by atoms with E-state index < -0.39 is 0 Å². The predicted octanol–water partition coefficient (Wildman–Crippen LogP) is 3.39. The standard InChI is InChI=1S/C15H24O2/c1-11(17)6-7-12-14(4)9-5-8-13(2,3)15(12,14)10-16/h10,12H,5-9H2,1-4H3/t12-,14+,15+/m1/s1. The summed E-state index contributed by atoms with van der Waals surface area (Å²) in [6.45, 7) is 8.36. The molecule has 96 valence electrons. The van der Waals surface area contributed by atoms with E-state index in [1.807, 2.05) is 0 Å². The quantitative estimate of drug-likeness (QED) is 0.701. The Hall–Kier alpha value is -0.660. The van der Waals surface area contributed by atoms with Crippen molar-refractivity contribution in [2.45, 2.75) is 59.8 Å². The fraction of sp³-hybridized carbons (Fsp3) is 0.867. The maximum absolute atomic E-state index is 11.7. The average Bonchev–Trinajstić information content (AvgIpc) is 2.76. The van der Waals surface area contributed by atoms with Crippen molar-refractivity contribution in [2.75, 3.05) is 0 Å². The molecule has 17 heavy (non-hydrogen) atoms. The number of hydrogen-bond donors (Lipinski definition) is 0. The van der Waals surface area contributed by atoms with Crippen LogP contribution in [0.25, 0.3) is 0 Å². The molecule has 0 unspecified atom stereocenters. The maximum atomic E-state index is 11.7. The van der Waals surface area contributed by atoms with Gasteiger partial charge >= 0.3 is 0 Å². The second kappa shape index (κ2) is 3.66. The molecule has 0 aromatic rings. The smallest absolute Gasteiger partial charge is 0.129 e. The van der Waals surface area contributed by atoms with Crippen LogP contribution in [-0.4, -0.2) is 12.1 Å². The van der Waals surface area contributed by atoms with Gasteiger partial charge in [0.25, 0.3) is 0 Å². The lowest BCUT2D eigenvalue weighted by Gasteiger charge is -2.39. The normalized spacial score (nSPS) is 42.7. The maximum Gasteiger partial charge on any atom is 0.129 e. The molecule has 2 rings (SSSR count). The molecule has 0 heterocycles. The first-order valence-electron chi connectivity index (χ1n) is 6.77. The molecular weight excluding hydrogens is 212 g/mol. The van der Waals surface area contributed by atoms with Crippen molar-refractivity contribution < 1.29 is 9.59 Å². The summed E-state index contributed by atoms with van der Waals surface area (Å²) in [7, 11) is 0. The minimum absolute atomic E-state index is 0.100. The number of fused-ring (bicyclic) bond motifs is 1. The summed E-state index contributed by atoms with van der Waals surface area (Å²) in [4.78, 5) is 22.9. The van der Waals surface area contributed by atoms with Crippen LogP contribution in [0.3, 0.4) is 0 Å². The van der Waals surface area contributed by atoms with Gasteiger partial charge in [-0.1, -0.05) is 27.2 Å². The van der Waals surface area contributed by atoms with E-state index >= 15 is 0 Å². The van der Waals surface area contributed by atoms with Gasteiger partial charge in [0, 0.05) is 11.8 Å². The van der Waals surface area contributed by atoms with E-state index in [-0.39, 0.29) is 22.0 Å². The van der Waals surface area contributed by atoms with Crippen molar-refractivity contribution in [3.63, 3.8) is 0 Å². The minimum Gasteiger partial charge on any atom is -0.303 e. The lowest BCUT2D eigenvalue weighted by Crippen LogP contribution is -2.35. The molecule has 0 aliphatic heterocycles. The summed E-state index contributed by atoms with van der Waals surface area (Å²) < 4.78 is 0. The van der Waals surface area contributed by atoms with Crippen LogP contribution in [0.2, 0.25) is 0 Å². The first-order chi connectivity index (χ1) is 7.82. The zero-order valence-corrected chi connectivity index (χ0v) is 11.5. The first kappa shape index (κ1) is 12.8. The van der Waals surface area contributed by atoms with Crippen LogP contribution in [0.5, 0.6) is 0 Å². The molecule has 2 saturated carbocycles. The molecule has 3 atom stereocenters. The summed E-state index contributed by atoms with van der Waals surface area (Å²) in [5.41, 5.74) is 0.100. The van der Waals surface area contributed by atoms with Gasteiger partial charge in [0.15, 0.2) is 0 Å². The minimum atomic E-state index is -0.159. The highest BCUT2D eigenvalue weighted by Crippen LogP contribution is 2.81. The SMILES string of the molecule is CC(=O)CC[C@@H]1[C@]2(C)CCCC(C)(C)[C@]12C=O. The van der Waals surface area contributed by atoms with E-state index in [1.165, 1.54) is 12.7 Å². The lowest BCUT2D eigenvalue weighted by atomic mass is 9.64. The van der Waals surface area contributed by atoms with Gasteiger partial charge in [0.2, 0.25) is 0 Å². The van der Waals surface area contributed by atoms with Crippen LogP contribution in [0.1, 0.15) is 59.8 Å². The van der Waals surface area contributed by atoms with Crippen LogP contribution in [0.15, 0.2) is 0 Å². The fourth-order valence-corrected chi connectivity index (χ4v) is 4.81. The molecular formula is C15H24O2. The van der Waals surface area contributed by atoms with Gasteiger partial charge in [0.1, 0.15) is 12.1 Å². The van der Waals surface area contributed by atoms with Crippen molar-refractivity contribution in [2.24, 2.45) is 22.2 Å². The number of rotatable bonds is 4. The zero-order chi connectivity index (χ0) is 12.9. The van der Waals surface area contributed by atoms with E-state index in [2.05, 4.69) is 20.8 Å². The van der Waals surface area contributed by atoms with Gasteiger partial charge in [-0.15, -0.1) is 0 Å². The summed E-state index contributed by atoms with van der Waals surface area (Å²) in [5, 5.41) is 0. The number of carbonyl (C=O) groups excluding carboxylic acids is 2. The van der Waals surface area contributed by atoms with E-state index in [0.29, 0.717) is 12.3 Å². The molecule has 2 nitrogen and oxygen atoms in total. The van der Waals surface area contributed by atoms with Gasteiger partial charge in [-0.2, -0.15) is 0 Å². The molecule has 0 amide bonds. The average molecular weight is 236 g/mol. The topological polar surface area (TPSA) is 34.1 Å². The molecule has 0 radical (unpaired) electrons. The van der Waals surface area contributed by atoms with Crippen LogP contribution in [0, 0.1) is 22.2 Å². The van der Waals surface area contributed by atoms with Crippen LogP contribution >= 0.6 is 0 Å². The van der Waals surface area contributed by atoms with Crippen molar-refractivity contribution in [1.82, 2.24) is 0 Å². The van der Waals surface area contributed by atoms with E-state index in [4.69, 9.17) is 0 Å². The van der Waals surface area contributed by atoms with Crippen molar-refractivity contribution in [3.05, 3.63) is 0 Å². The largest absolute Gasteiger partial charge is 0.303 e. The number of ketones is 1. The fourth-order valence-electron chi connectivity index (χ4n) is 4.81. The highest BCUT2D eigenvalue weighted by atomic mass is 16.1. The summed E-state index contributed by atoms with van der Waals surface area (Å²) in [5.74, 6) is 0.671. The number of aldehydes is 1. The first-order valence-corrected chi connectivity index (χ1v) is 6.77. The third-order valence-electron chi connectivity index (χ3n) is 5.77. The summed E-state index contributed by atoms with van der Waals surface area (Å²) in [6.07, 6.45) is 6.25. The van der Waals surface area contributed by atoms with Gasteiger partial charge in [-0.05, 0) is 42.9 Å².